The summed E-state index contributed by atoms with van der Waals surface area (Å²) in [5.41, 5.74) is 0.122. The van der Waals surface area contributed by atoms with E-state index < -0.39 is 0 Å². The molecule has 120 valence electrons. The van der Waals surface area contributed by atoms with Crippen molar-refractivity contribution >= 4 is 5.97 Å². The first-order chi connectivity index (χ1) is 9.16. The van der Waals surface area contributed by atoms with Gasteiger partial charge >= 0.3 is 5.97 Å². The van der Waals surface area contributed by atoms with E-state index in [4.69, 9.17) is 14.5 Å². The van der Waals surface area contributed by atoms with Crippen LogP contribution in [-0.2, 0) is 19.3 Å². The Bertz CT molecular complexity index is 266. The van der Waals surface area contributed by atoms with Crippen LogP contribution in [0.25, 0.3) is 0 Å². The Morgan fingerprint density at radius 3 is 2.15 bits per heavy atom. The van der Waals surface area contributed by atoms with Gasteiger partial charge in [0.05, 0.1) is 12.2 Å². The van der Waals surface area contributed by atoms with E-state index in [1.165, 1.54) is 6.42 Å². The lowest BCUT2D eigenvalue weighted by Crippen LogP contribution is -2.24. The number of rotatable bonds is 10. The van der Waals surface area contributed by atoms with E-state index in [9.17, 15) is 4.79 Å². The quantitative estimate of drug-likeness (QED) is 0.342. The number of hydrogen-bond donors (Lipinski definition) is 0. The third-order valence-electron chi connectivity index (χ3n) is 3.30. The van der Waals surface area contributed by atoms with E-state index in [0.29, 0.717) is 24.9 Å². The first-order valence-corrected chi connectivity index (χ1v) is 7.54. The number of hydrogen-bond acceptors (Lipinski definition) is 4. The van der Waals surface area contributed by atoms with Crippen LogP contribution in [-0.4, -0.2) is 25.3 Å². The zero-order valence-corrected chi connectivity index (χ0v) is 14.1. The minimum absolute atomic E-state index is 0.251. The average Bonchev–Trinajstić information content (AvgIpc) is 2.33. The second kappa shape index (κ2) is 9.35. The van der Waals surface area contributed by atoms with E-state index in [1.807, 2.05) is 13.8 Å². The molecule has 0 aliphatic heterocycles. The molecule has 0 aliphatic rings. The lowest BCUT2D eigenvalue weighted by molar-refractivity contribution is -0.276. The Hall–Kier alpha value is -0.610. The third-order valence-corrected chi connectivity index (χ3v) is 3.30. The molecule has 0 aliphatic carbocycles. The van der Waals surface area contributed by atoms with Gasteiger partial charge in [0.15, 0.2) is 0 Å². The van der Waals surface area contributed by atoms with Gasteiger partial charge in [-0.15, -0.1) is 0 Å². The predicted molar refractivity (Wildman–Crippen MR) is 80.3 cm³/mol. The van der Waals surface area contributed by atoms with Crippen LogP contribution in [0.4, 0.5) is 0 Å². The molecule has 0 bridgehead atoms. The highest BCUT2D eigenvalue weighted by Gasteiger charge is 2.16. The largest absolute Gasteiger partial charge is 0.379 e. The normalized spacial score (nSPS) is 12.5. The Balaban J connectivity index is 3.47. The molecule has 0 aromatic heterocycles. The fourth-order valence-electron chi connectivity index (χ4n) is 1.64. The summed E-state index contributed by atoms with van der Waals surface area (Å²) in [7, 11) is 1.66. The van der Waals surface area contributed by atoms with Crippen LogP contribution >= 0.6 is 0 Å². The Labute approximate surface area is 124 Å². The van der Waals surface area contributed by atoms with Crippen molar-refractivity contribution in [1.82, 2.24) is 0 Å². The smallest absolute Gasteiger partial charge is 0.342 e. The maximum absolute atomic E-state index is 11.4. The molecule has 0 unspecified atom stereocenters. The second-order valence-corrected chi connectivity index (χ2v) is 7.11. The van der Waals surface area contributed by atoms with Crippen LogP contribution in [0.1, 0.15) is 73.1 Å². The summed E-state index contributed by atoms with van der Waals surface area (Å²) in [5, 5.41) is 0. The molecular formula is C16H32O4. The summed E-state index contributed by atoms with van der Waals surface area (Å²) < 4.78 is 5.24. The van der Waals surface area contributed by atoms with Crippen molar-refractivity contribution in [2.24, 2.45) is 5.41 Å². The van der Waals surface area contributed by atoms with Crippen LogP contribution < -0.4 is 0 Å². The van der Waals surface area contributed by atoms with E-state index in [-0.39, 0.29) is 11.6 Å². The number of unbranched alkanes of at least 4 members (excludes halogenated alkanes) is 2. The number of methoxy groups -OCH3 is 1. The molecule has 4 nitrogen and oxygen atoms in total. The van der Waals surface area contributed by atoms with Crippen molar-refractivity contribution in [3.63, 3.8) is 0 Å². The summed E-state index contributed by atoms with van der Waals surface area (Å²) in [6, 6.07) is 0. The van der Waals surface area contributed by atoms with Gasteiger partial charge in [-0.2, -0.15) is 4.89 Å². The molecule has 20 heavy (non-hydrogen) atoms. The minimum Gasteiger partial charge on any atom is -0.379 e. The van der Waals surface area contributed by atoms with Gasteiger partial charge < -0.3 is 4.74 Å². The average molecular weight is 288 g/mol. The van der Waals surface area contributed by atoms with Crippen LogP contribution in [0.5, 0.6) is 0 Å². The van der Waals surface area contributed by atoms with E-state index in [2.05, 4.69) is 20.8 Å². The molecule has 0 atom stereocenters. The molecule has 0 fully saturated rings. The van der Waals surface area contributed by atoms with Gasteiger partial charge in [-0.3, -0.25) is 4.89 Å². The predicted octanol–water partition coefficient (Wildman–Crippen LogP) is 4.27. The zero-order chi connectivity index (χ0) is 15.6. The van der Waals surface area contributed by atoms with Gasteiger partial charge in [-0.1, -0.05) is 33.6 Å². The molecule has 0 heterocycles. The van der Waals surface area contributed by atoms with E-state index >= 15 is 0 Å². The molecule has 0 rings (SSSR count). The topological polar surface area (TPSA) is 44.8 Å². The summed E-state index contributed by atoms with van der Waals surface area (Å²) in [5.74, 6) is -0.281. The van der Waals surface area contributed by atoms with Gasteiger partial charge in [-0.25, -0.2) is 4.79 Å². The molecule has 0 saturated heterocycles. The first-order valence-electron chi connectivity index (χ1n) is 7.54. The van der Waals surface area contributed by atoms with Gasteiger partial charge in [0.1, 0.15) is 0 Å². The maximum atomic E-state index is 11.4. The molecule has 0 amide bonds. The molecule has 0 N–H and O–H groups in total. The van der Waals surface area contributed by atoms with Gasteiger partial charge in [0.2, 0.25) is 0 Å². The van der Waals surface area contributed by atoms with Crippen LogP contribution in [0.3, 0.4) is 0 Å². The first kappa shape index (κ1) is 19.4. The fourth-order valence-corrected chi connectivity index (χ4v) is 1.64. The fraction of sp³-hybridized carbons (Fsp3) is 0.938. The number of carbonyl (C=O) groups excluding carboxylic acids is 1. The summed E-state index contributed by atoms with van der Waals surface area (Å²) >= 11 is 0. The summed E-state index contributed by atoms with van der Waals surface area (Å²) in [6.45, 7) is 11.0. The highest BCUT2D eigenvalue weighted by Crippen LogP contribution is 2.22. The van der Waals surface area contributed by atoms with E-state index in [0.717, 1.165) is 19.3 Å². The van der Waals surface area contributed by atoms with Crippen LogP contribution in [0, 0.1) is 5.41 Å². The molecule has 0 saturated carbocycles. The van der Waals surface area contributed by atoms with Gasteiger partial charge in [0.25, 0.3) is 0 Å². The highest BCUT2D eigenvalue weighted by molar-refractivity contribution is 5.68. The molecule has 0 aromatic rings. The molecule has 4 heteroatoms. The standard InChI is InChI=1S/C16H32O4/c1-15(2,3)11-9-7-8-10-14(17)20-19-13-12-16(4,5)18-6/h7-13H2,1-6H3. The number of ether oxygens (including phenoxy) is 1. The zero-order valence-electron chi connectivity index (χ0n) is 14.1. The van der Waals surface area contributed by atoms with Crippen molar-refractivity contribution in [2.45, 2.75) is 78.7 Å². The molecular weight excluding hydrogens is 256 g/mol. The van der Waals surface area contributed by atoms with Gasteiger partial charge in [0, 0.05) is 20.0 Å². The second-order valence-electron chi connectivity index (χ2n) is 7.11. The van der Waals surface area contributed by atoms with Crippen molar-refractivity contribution in [3.8, 4) is 0 Å². The van der Waals surface area contributed by atoms with Crippen molar-refractivity contribution < 1.29 is 19.3 Å². The summed E-state index contributed by atoms with van der Waals surface area (Å²) in [4.78, 5) is 21.1. The lowest BCUT2D eigenvalue weighted by atomic mass is 9.89. The lowest BCUT2D eigenvalue weighted by Gasteiger charge is -2.21. The Kier molecular flexibility index (Phi) is 9.06. The summed E-state index contributed by atoms with van der Waals surface area (Å²) in [6.07, 6.45) is 5.37. The number of carbonyl (C=O) groups is 1. The maximum Gasteiger partial charge on any atom is 0.342 e. The molecule has 0 aromatic carbocycles. The SMILES string of the molecule is COC(C)(C)CCOOC(=O)CCCCCC(C)(C)C. The molecule has 0 spiro atoms. The minimum atomic E-state index is -0.281. The van der Waals surface area contributed by atoms with Crippen LogP contribution in [0.15, 0.2) is 0 Å². The highest BCUT2D eigenvalue weighted by atomic mass is 17.2. The molecule has 0 radical (unpaired) electrons. The van der Waals surface area contributed by atoms with Crippen molar-refractivity contribution in [1.29, 1.82) is 0 Å². The van der Waals surface area contributed by atoms with Crippen molar-refractivity contribution in [2.75, 3.05) is 13.7 Å². The third kappa shape index (κ3) is 12.4. The monoisotopic (exact) mass is 288 g/mol. The van der Waals surface area contributed by atoms with Crippen LogP contribution in [0.2, 0.25) is 0 Å². The van der Waals surface area contributed by atoms with Gasteiger partial charge in [-0.05, 0) is 32.1 Å². The Morgan fingerprint density at radius 1 is 0.950 bits per heavy atom. The Morgan fingerprint density at radius 2 is 1.60 bits per heavy atom. The van der Waals surface area contributed by atoms with Crippen molar-refractivity contribution in [3.05, 3.63) is 0 Å². The van der Waals surface area contributed by atoms with E-state index in [1.54, 1.807) is 7.11 Å².